The first-order chi connectivity index (χ1) is 8.22. The SMILES string of the molecule is CN(Cc1cccc(C#N)c1F)C1CCNC1. The summed E-state index contributed by atoms with van der Waals surface area (Å²) in [6, 6.07) is 7.32. The topological polar surface area (TPSA) is 39.1 Å². The lowest BCUT2D eigenvalue weighted by Gasteiger charge is -2.23. The summed E-state index contributed by atoms with van der Waals surface area (Å²) in [5.41, 5.74) is 0.721. The van der Waals surface area contributed by atoms with Crippen LogP contribution in [-0.2, 0) is 6.54 Å². The summed E-state index contributed by atoms with van der Waals surface area (Å²) in [4.78, 5) is 2.14. The minimum absolute atomic E-state index is 0.125. The van der Waals surface area contributed by atoms with Crippen molar-refractivity contribution >= 4 is 0 Å². The van der Waals surface area contributed by atoms with Gasteiger partial charge in [0.05, 0.1) is 5.56 Å². The zero-order chi connectivity index (χ0) is 12.3. The van der Waals surface area contributed by atoms with Crippen molar-refractivity contribution in [3.05, 3.63) is 35.1 Å². The molecular formula is C13H16FN3. The van der Waals surface area contributed by atoms with E-state index in [1.165, 1.54) is 6.07 Å². The van der Waals surface area contributed by atoms with Gasteiger partial charge in [-0.2, -0.15) is 5.26 Å². The second kappa shape index (κ2) is 5.26. The molecule has 1 aromatic rings. The van der Waals surface area contributed by atoms with Crippen molar-refractivity contribution in [1.29, 1.82) is 5.26 Å². The van der Waals surface area contributed by atoms with Crippen LogP contribution in [-0.4, -0.2) is 31.1 Å². The van der Waals surface area contributed by atoms with Crippen LogP contribution in [0, 0.1) is 17.1 Å². The van der Waals surface area contributed by atoms with Gasteiger partial charge >= 0.3 is 0 Å². The van der Waals surface area contributed by atoms with Crippen molar-refractivity contribution in [1.82, 2.24) is 10.2 Å². The summed E-state index contributed by atoms with van der Waals surface area (Å²) in [6.45, 7) is 2.53. The van der Waals surface area contributed by atoms with Crippen LogP contribution in [0.5, 0.6) is 0 Å². The number of halogens is 1. The molecule has 1 fully saturated rings. The van der Waals surface area contributed by atoms with Gasteiger partial charge in [0.2, 0.25) is 0 Å². The minimum Gasteiger partial charge on any atom is -0.315 e. The van der Waals surface area contributed by atoms with Crippen molar-refractivity contribution in [2.24, 2.45) is 0 Å². The number of likely N-dealkylation sites (N-methyl/N-ethyl adjacent to an activating group) is 1. The van der Waals surface area contributed by atoms with E-state index >= 15 is 0 Å². The molecule has 17 heavy (non-hydrogen) atoms. The molecule has 0 bridgehead atoms. The number of nitriles is 1. The highest BCUT2D eigenvalue weighted by Gasteiger charge is 2.20. The molecule has 1 atom stereocenters. The summed E-state index contributed by atoms with van der Waals surface area (Å²) < 4.78 is 13.9. The maximum atomic E-state index is 13.9. The van der Waals surface area contributed by atoms with Crippen LogP contribution in [0.25, 0.3) is 0 Å². The Morgan fingerprint density at radius 3 is 3.06 bits per heavy atom. The lowest BCUT2D eigenvalue weighted by molar-refractivity contribution is 0.245. The van der Waals surface area contributed by atoms with Gasteiger partial charge in [0.25, 0.3) is 0 Å². The predicted molar refractivity (Wildman–Crippen MR) is 63.9 cm³/mol. The van der Waals surface area contributed by atoms with E-state index in [2.05, 4.69) is 10.2 Å². The van der Waals surface area contributed by atoms with E-state index in [4.69, 9.17) is 5.26 Å². The number of benzene rings is 1. The fraction of sp³-hybridized carbons (Fsp3) is 0.462. The Bertz CT molecular complexity index is 433. The summed E-state index contributed by atoms with van der Waals surface area (Å²) in [5, 5.41) is 12.1. The van der Waals surface area contributed by atoms with Gasteiger partial charge < -0.3 is 5.32 Å². The van der Waals surface area contributed by atoms with Gasteiger partial charge in [-0.25, -0.2) is 4.39 Å². The average Bonchev–Trinajstić information content (AvgIpc) is 2.85. The third-order valence-corrected chi connectivity index (χ3v) is 3.28. The summed E-state index contributed by atoms with van der Waals surface area (Å²) >= 11 is 0. The monoisotopic (exact) mass is 233 g/mol. The van der Waals surface area contributed by atoms with Crippen LogP contribution >= 0.6 is 0 Å². The van der Waals surface area contributed by atoms with Crippen LogP contribution in [0.4, 0.5) is 4.39 Å². The summed E-state index contributed by atoms with van der Waals surface area (Å²) in [5.74, 6) is -0.382. The molecule has 1 unspecified atom stereocenters. The van der Waals surface area contributed by atoms with E-state index in [1.54, 1.807) is 12.1 Å². The molecule has 1 aliphatic rings. The lowest BCUT2D eigenvalue weighted by Crippen LogP contribution is -2.33. The first-order valence-electron chi connectivity index (χ1n) is 5.81. The fourth-order valence-corrected chi connectivity index (χ4v) is 2.20. The molecule has 0 saturated carbocycles. The van der Waals surface area contributed by atoms with Crippen LogP contribution in [0.15, 0.2) is 18.2 Å². The van der Waals surface area contributed by atoms with Crippen molar-refractivity contribution < 1.29 is 4.39 Å². The molecule has 2 rings (SSSR count). The third kappa shape index (κ3) is 2.63. The Hall–Kier alpha value is -1.44. The van der Waals surface area contributed by atoms with Gasteiger partial charge in [-0.15, -0.1) is 0 Å². The molecule has 1 aliphatic heterocycles. The smallest absolute Gasteiger partial charge is 0.145 e. The van der Waals surface area contributed by atoms with E-state index in [0.29, 0.717) is 18.2 Å². The highest BCUT2D eigenvalue weighted by molar-refractivity contribution is 5.34. The van der Waals surface area contributed by atoms with Gasteiger partial charge in [-0.05, 0) is 26.1 Å². The normalized spacial score (nSPS) is 19.5. The van der Waals surface area contributed by atoms with Gasteiger partial charge in [-0.3, -0.25) is 4.90 Å². The highest BCUT2D eigenvalue weighted by atomic mass is 19.1. The van der Waals surface area contributed by atoms with Gasteiger partial charge in [0.15, 0.2) is 0 Å². The molecule has 4 heteroatoms. The van der Waals surface area contributed by atoms with Crippen LogP contribution in [0.2, 0.25) is 0 Å². The minimum atomic E-state index is -0.382. The standard InChI is InChI=1S/C13H16FN3/c1-17(12-5-6-16-8-12)9-11-4-2-3-10(7-15)13(11)14/h2-4,12,16H,5-6,8-9H2,1H3. The first kappa shape index (κ1) is 12.0. The molecular weight excluding hydrogens is 217 g/mol. The van der Waals surface area contributed by atoms with Gasteiger partial charge in [0.1, 0.15) is 11.9 Å². The highest BCUT2D eigenvalue weighted by Crippen LogP contribution is 2.16. The molecule has 1 saturated heterocycles. The van der Waals surface area contributed by atoms with E-state index in [1.807, 2.05) is 13.1 Å². The van der Waals surface area contributed by atoms with E-state index in [-0.39, 0.29) is 11.4 Å². The second-order valence-electron chi connectivity index (χ2n) is 4.45. The van der Waals surface area contributed by atoms with Crippen molar-refractivity contribution in [3.8, 4) is 6.07 Å². The van der Waals surface area contributed by atoms with Crippen molar-refractivity contribution in [2.45, 2.75) is 19.0 Å². The van der Waals surface area contributed by atoms with E-state index in [9.17, 15) is 4.39 Å². The van der Waals surface area contributed by atoms with E-state index in [0.717, 1.165) is 19.5 Å². The molecule has 3 nitrogen and oxygen atoms in total. The molecule has 0 spiro atoms. The molecule has 0 radical (unpaired) electrons. The van der Waals surface area contributed by atoms with Gasteiger partial charge in [0, 0.05) is 24.7 Å². The number of nitrogens with zero attached hydrogens (tertiary/aromatic N) is 2. The number of rotatable bonds is 3. The molecule has 0 aromatic heterocycles. The molecule has 1 heterocycles. The summed E-state index contributed by atoms with van der Waals surface area (Å²) in [6.07, 6.45) is 1.09. The maximum absolute atomic E-state index is 13.9. The Kier molecular flexibility index (Phi) is 3.72. The van der Waals surface area contributed by atoms with Crippen LogP contribution in [0.1, 0.15) is 17.5 Å². The maximum Gasteiger partial charge on any atom is 0.145 e. The predicted octanol–water partition coefficient (Wildman–Crippen LogP) is 1.49. The fourth-order valence-electron chi connectivity index (χ4n) is 2.20. The zero-order valence-electron chi connectivity index (χ0n) is 9.91. The van der Waals surface area contributed by atoms with Crippen LogP contribution in [0.3, 0.4) is 0 Å². The number of nitrogens with one attached hydrogen (secondary N) is 1. The lowest BCUT2D eigenvalue weighted by atomic mass is 10.1. The largest absolute Gasteiger partial charge is 0.315 e. The summed E-state index contributed by atoms with van der Waals surface area (Å²) in [7, 11) is 2.00. The molecule has 1 aromatic carbocycles. The number of hydrogen-bond acceptors (Lipinski definition) is 3. The molecule has 1 N–H and O–H groups in total. The quantitative estimate of drug-likeness (QED) is 0.859. The Morgan fingerprint density at radius 1 is 1.59 bits per heavy atom. The molecule has 0 aliphatic carbocycles. The van der Waals surface area contributed by atoms with E-state index < -0.39 is 0 Å². The number of hydrogen-bond donors (Lipinski definition) is 1. The molecule has 0 amide bonds. The first-order valence-corrected chi connectivity index (χ1v) is 5.81. The van der Waals surface area contributed by atoms with Crippen LogP contribution < -0.4 is 5.32 Å². The Labute approximate surface area is 101 Å². The second-order valence-corrected chi connectivity index (χ2v) is 4.45. The average molecular weight is 233 g/mol. The van der Waals surface area contributed by atoms with Crippen molar-refractivity contribution in [3.63, 3.8) is 0 Å². The Morgan fingerprint density at radius 2 is 2.41 bits per heavy atom. The van der Waals surface area contributed by atoms with Gasteiger partial charge in [-0.1, -0.05) is 12.1 Å². The zero-order valence-corrected chi connectivity index (χ0v) is 9.91. The van der Waals surface area contributed by atoms with Crippen molar-refractivity contribution in [2.75, 3.05) is 20.1 Å². The Balaban J connectivity index is 2.10. The third-order valence-electron chi connectivity index (χ3n) is 3.28. The molecule has 90 valence electrons.